The van der Waals surface area contributed by atoms with Crippen LogP contribution >= 0.6 is 0 Å². The maximum atomic E-state index is 14.1. The topological polar surface area (TPSA) is 0 Å². The van der Waals surface area contributed by atoms with Crippen LogP contribution in [0.4, 0.5) is 4.39 Å². The van der Waals surface area contributed by atoms with Crippen molar-refractivity contribution in [1.29, 1.82) is 0 Å². The molecule has 0 aliphatic rings. The van der Waals surface area contributed by atoms with Gasteiger partial charge in [0.25, 0.3) is 0 Å². The largest absolute Gasteiger partial charge is 0.207 e. The van der Waals surface area contributed by atoms with Crippen LogP contribution in [0.2, 0.25) is 0 Å². The number of halogens is 1. The quantitative estimate of drug-likeness (QED) is 0.691. The molecule has 0 nitrogen and oxygen atoms in total. The Morgan fingerprint density at radius 2 is 1.86 bits per heavy atom. The molecule has 0 N–H and O–H groups in total. The summed E-state index contributed by atoms with van der Waals surface area (Å²) < 4.78 is 14.1. The molecule has 0 radical (unpaired) electrons. The zero-order chi connectivity index (χ0) is 15.4. The molecule has 0 aromatic heterocycles. The van der Waals surface area contributed by atoms with Gasteiger partial charge in [-0.15, -0.1) is 6.42 Å². The number of rotatable bonds is 4. The highest BCUT2D eigenvalue weighted by molar-refractivity contribution is 5.68. The zero-order valence-electron chi connectivity index (χ0n) is 12.5. The molecule has 0 spiro atoms. The molecular weight excluding hydrogens is 259 g/mol. The Kier molecular flexibility index (Phi) is 4.60. The highest BCUT2D eigenvalue weighted by atomic mass is 19.1. The molecule has 0 heterocycles. The standard InChI is InChI=1S/C20H19F/c1-5-15-9-8-12-19(21)18(15)13-17-11-7-10-16(6-2)20(17)14(3)4/h1,7-12H,3,6,13H2,2,4H3. The number of allylic oxidation sites excluding steroid dienone is 1. The minimum atomic E-state index is -0.250. The van der Waals surface area contributed by atoms with E-state index in [1.54, 1.807) is 12.1 Å². The molecule has 0 aliphatic heterocycles. The second kappa shape index (κ2) is 6.41. The lowest BCUT2D eigenvalue weighted by Crippen LogP contribution is -2.02. The molecule has 0 bridgehead atoms. The van der Waals surface area contributed by atoms with Crippen LogP contribution in [0.1, 0.15) is 41.7 Å². The van der Waals surface area contributed by atoms with Gasteiger partial charge in [0.15, 0.2) is 0 Å². The van der Waals surface area contributed by atoms with E-state index < -0.39 is 0 Å². The summed E-state index contributed by atoms with van der Waals surface area (Å²) in [5, 5.41) is 0. The zero-order valence-corrected chi connectivity index (χ0v) is 12.5. The maximum absolute atomic E-state index is 14.1. The van der Waals surface area contributed by atoms with E-state index in [-0.39, 0.29) is 5.82 Å². The van der Waals surface area contributed by atoms with Crippen LogP contribution in [-0.4, -0.2) is 0 Å². The van der Waals surface area contributed by atoms with Gasteiger partial charge in [-0.2, -0.15) is 0 Å². The molecule has 21 heavy (non-hydrogen) atoms. The number of terminal acetylenes is 1. The Morgan fingerprint density at radius 3 is 2.48 bits per heavy atom. The van der Waals surface area contributed by atoms with Crippen molar-refractivity contribution in [3.05, 3.63) is 76.6 Å². The van der Waals surface area contributed by atoms with Crippen LogP contribution in [0.5, 0.6) is 0 Å². The van der Waals surface area contributed by atoms with Gasteiger partial charge in [-0.05, 0) is 42.2 Å². The molecule has 0 saturated heterocycles. The maximum Gasteiger partial charge on any atom is 0.127 e. The normalized spacial score (nSPS) is 10.2. The van der Waals surface area contributed by atoms with Crippen molar-refractivity contribution in [2.75, 3.05) is 0 Å². The predicted molar refractivity (Wildman–Crippen MR) is 87.7 cm³/mol. The minimum Gasteiger partial charge on any atom is -0.207 e. The number of benzene rings is 2. The molecule has 0 atom stereocenters. The fourth-order valence-electron chi connectivity index (χ4n) is 2.71. The molecule has 0 saturated carbocycles. The van der Waals surface area contributed by atoms with E-state index in [0.717, 1.165) is 23.1 Å². The first-order valence-corrected chi connectivity index (χ1v) is 7.09. The average Bonchev–Trinajstić information content (AvgIpc) is 2.48. The highest BCUT2D eigenvalue weighted by Crippen LogP contribution is 2.27. The van der Waals surface area contributed by atoms with Gasteiger partial charge in [0.1, 0.15) is 5.82 Å². The van der Waals surface area contributed by atoms with Crippen LogP contribution in [0.3, 0.4) is 0 Å². The van der Waals surface area contributed by atoms with E-state index in [0.29, 0.717) is 17.5 Å². The lowest BCUT2D eigenvalue weighted by molar-refractivity contribution is 0.613. The molecule has 2 aromatic carbocycles. The van der Waals surface area contributed by atoms with Gasteiger partial charge < -0.3 is 0 Å². The van der Waals surface area contributed by atoms with E-state index >= 15 is 0 Å². The fourth-order valence-corrected chi connectivity index (χ4v) is 2.71. The summed E-state index contributed by atoms with van der Waals surface area (Å²) in [5.74, 6) is 2.32. The minimum absolute atomic E-state index is 0.250. The van der Waals surface area contributed by atoms with Crippen molar-refractivity contribution in [1.82, 2.24) is 0 Å². The Bertz CT molecular complexity index is 717. The van der Waals surface area contributed by atoms with E-state index in [4.69, 9.17) is 6.42 Å². The Balaban J connectivity index is 2.56. The lowest BCUT2D eigenvalue weighted by atomic mass is 9.89. The first-order chi connectivity index (χ1) is 10.1. The SMILES string of the molecule is C#Cc1cccc(F)c1Cc1cccc(CC)c1C(=C)C. The Labute approximate surface area is 126 Å². The summed E-state index contributed by atoms with van der Waals surface area (Å²) in [6.45, 7) is 8.17. The Morgan fingerprint density at radius 1 is 1.19 bits per heavy atom. The summed E-state index contributed by atoms with van der Waals surface area (Å²) >= 11 is 0. The van der Waals surface area contributed by atoms with Gasteiger partial charge in [0, 0.05) is 17.5 Å². The second-order valence-corrected chi connectivity index (χ2v) is 5.17. The van der Waals surface area contributed by atoms with Crippen molar-refractivity contribution in [2.24, 2.45) is 0 Å². The molecule has 0 fully saturated rings. The average molecular weight is 278 g/mol. The van der Waals surface area contributed by atoms with Crippen LogP contribution in [0.15, 0.2) is 43.0 Å². The van der Waals surface area contributed by atoms with Gasteiger partial charge in [0.2, 0.25) is 0 Å². The van der Waals surface area contributed by atoms with Crippen molar-refractivity contribution in [2.45, 2.75) is 26.7 Å². The highest BCUT2D eigenvalue weighted by Gasteiger charge is 2.13. The van der Waals surface area contributed by atoms with E-state index in [2.05, 4.69) is 25.5 Å². The van der Waals surface area contributed by atoms with Crippen molar-refractivity contribution in [3.63, 3.8) is 0 Å². The smallest absolute Gasteiger partial charge is 0.127 e. The molecule has 1 heteroatoms. The van der Waals surface area contributed by atoms with Crippen molar-refractivity contribution >= 4 is 5.57 Å². The van der Waals surface area contributed by atoms with E-state index in [1.807, 2.05) is 19.1 Å². The summed E-state index contributed by atoms with van der Waals surface area (Å²) in [4.78, 5) is 0. The third-order valence-electron chi connectivity index (χ3n) is 3.69. The van der Waals surface area contributed by atoms with E-state index in [9.17, 15) is 4.39 Å². The van der Waals surface area contributed by atoms with Crippen molar-refractivity contribution in [3.8, 4) is 12.3 Å². The summed E-state index contributed by atoms with van der Waals surface area (Å²) in [5.41, 5.74) is 5.63. The van der Waals surface area contributed by atoms with Gasteiger partial charge in [-0.3, -0.25) is 0 Å². The second-order valence-electron chi connectivity index (χ2n) is 5.17. The van der Waals surface area contributed by atoms with Crippen LogP contribution in [0, 0.1) is 18.2 Å². The molecular formula is C20H19F. The van der Waals surface area contributed by atoms with Gasteiger partial charge in [-0.25, -0.2) is 4.39 Å². The lowest BCUT2D eigenvalue weighted by Gasteiger charge is -2.15. The number of aryl methyl sites for hydroxylation is 1. The third-order valence-corrected chi connectivity index (χ3v) is 3.69. The first-order valence-electron chi connectivity index (χ1n) is 7.09. The molecule has 0 unspecified atom stereocenters. The van der Waals surface area contributed by atoms with Crippen LogP contribution in [0.25, 0.3) is 5.57 Å². The number of hydrogen-bond acceptors (Lipinski definition) is 0. The summed E-state index contributed by atoms with van der Waals surface area (Å²) in [6.07, 6.45) is 6.91. The molecule has 0 aliphatic carbocycles. The van der Waals surface area contributed by atoms with Gasteiger partial charge in [-0.1, -0.05) is 49.3 Å². The summed E-state index contributed by atoms with van der Waals surface area (Å²) in [6, 6.07) is 11.0. The number of hydrogen-bond donors (Lipinski definition) is 0. The third kappa shape index (κ3) is 3.06. The van der Waals surface area contributed by atoms with Crippen LogP contribution < -0.4 is 0 Å². The molecule has 106 valence electrons. The molecule has 2 aromatic rings. The first kappa shape index (κ1) is 15.1. The van der Waals surface area contributed by atoms with Crippen LogP contribution in [-0.2, 0) is 12.8 Å². The van der Waals surface area contributed by atoms with Crippen molar-refractivity contribution < 1.29 is 4.39 Å². The van der Waals surface area contributed by atoms with Gasteiger partial charge >= 0.3 is 0 Å². The molecule has 0 amide bonds. The Hall–Kier alpha value is -2.33. The van der Waals surface area contributed by atoms with Gasteiger partial charge in [0.05, 0.1) is 0 Å². The summed E-state index contributed by atoms with van der Waals surface area (Å²) in [7, 11) is 0. The predicted octanol–water partition coefficient (Wildman–Crippen LogP) is 4.99. The van der Waals surface area contributed by atoms with E-state index in [1.165, 1.54) is 11.6 Å². The monoisotopic (exact) mass is 278 g/mol. The fraction of sp³-hybridized carbons (Fsp3) is 0.200. The molecule has 2 rings (SSSR count).